The monoisotopic (exact) mass is 312 g/mol. The highest BCUT2D eigenvalue weighted by molar-refractivity contribution is 6.30. The third-order valence-electron chi connectivity index (χ3n) is 3.15. The van der Waals surface area contributed by atoms with Gasteiger partial charge in [-0.3, -0.25) is 4.99 Å². The van der Waals surface area contributed by atoms with E-state index < -0.39 is 0 Å². The molecule has 5 heteroatoms. The zero-order chi connectivity index (χ0) is 15.5. The van der Waals surface area contributed by atoms with E-state index in [0.29, 0.717) is 10.9 Å². The van der Waals surface area contributed by atoms with Gasteiger partial charge in [-0.05, 0) is 36.8 Å². The second kappa shape index (κ2) is 6.03. The number of halogens is 1. The van der Waals surface area contributed by atoms with E-state index in [9.17, 15) is 5.11 Å². The van der Waals surface area contributed by atoms with Crippen LogP contribution in [0, 0.1) is 6.92 Å². The summed E-state index contributed by atoms with van der Waals surface area (Å²) < 4.78 is 5.27. The largest absolute Gasteiger partial charge is 0.479 e. The van der Waals surface area contributed by atoms with Gasteiger partial charge in [0, 0.05) is 10.6 Å². The molecule has 0 aliphatic heterocycles. The molecule has 0 unspecified atom stereocenters. The summed E-state index contributed by atoms with van der Waals surface area (Å²) >= 11 is 5.96. The van der Waals surface area contributed by atoms with E-state index in [1.54, 1.807) is 12.1 Å². The molecule has 0 saturated heterocycles. The predicted octanol–water partition coefficient (Wildman–Crippen LogP) is 4.76. The van der Waals surface area contributed by atoms with Gasteiger partial charge in [-0.2, -0.15) is 0 Å². The number of aromatic nitrogens is 1. The molecule has 0 aliphatic carbocycles. The zero-order valence-corrected chi connectivity index (χ0v) is 12.6. The minimum absolute atomic E-state index is 0.262. The Morgan fingerprint density at radius 3 is 2.73 bits per heavy atom. The Kier molecular flexibility index (Phi) is 3.94. The number of hydrogen-bond acceptors (Lipinski definition) is 4. The molecule has 0 aliphatic rings. The van der Waals surface area contributed by atoms with Gasteiger partial charge >= 0.3 is 5.95 Å². The minimum Gasteiger partial charge on any atom is -0.479 e. The third-order valence-corrected chi connectivity index (χ3v) is 3.39. The lowest BCUT2D eigenvalue weighted by atomic mass is 10.2. The molecule has 3 aromatic rings. The summed E-state index contributed by atoms with van der Waals surface area (Å²) in [6.45, 7) is 1.93. The van der Waals surface area contributed by atoms with Crippen LogP contribution in [-0.2, 0) is 0 Å². The second-order valence-electron chi connectivity index (χ2n) is 4.76. The number of oxazole rings is 1. The van der Waals surface area contributed by atoms with Gasteiger partial charge in [0.15, 0.2) is 5.69 Å². The van der Waals surface area contributed by atoms with E-state index in [4.69, 9.17) is 16.0 Å². The van der Waals surface area contributed by atoms with E-state index >= 15 is 0 Å². The zero-order valence-electron chi connectivity index (χ0n) is 11.8. The first-order valence-corrected chi connectivity index (χ1v) is 7.07. The van der Waals surface area contributed by atoms with Crippen LogP contribution >= 0.6 is 11.6 Å². The Bertz CT molecular complexity index is 826. The lowest BCUT2D eigenvalue weighted by Gasteiger charge is -1.99. The average molecular weight is 313 g/mol. The van der Waals surface area contributed by atoms with Gasteiger partial charge in [-0.25, -0.2) is 4.98 Å². The Morgan fingerprint density at radius 2 is 1.95 bits per heavy atom. The number of benzene rings is 2. The van der Waals surface area contributed by atoms with E-state index in [1.165, 1.54) is 6.21 Å². The summed E-state index contributed by atoms with van der Waals surface area (Å²) in [6.07, 6.45) is 1.46. The van der Waals surface area contributed by atoms with Crippen molar-refractivity contribution in [3.8, 4) is 17.4 Å². The number of aliphatic imine (C=N–C) groups is 1. The molecular weight excluding hydrogens is 300 g/mol. The van der Waals surface area contributed by atoms with Gasteiger partial charge in [-0.15, -0.1) is 0 Å². The van der Waals surface area contributed by atoms with Crippen molar-refractivity contribution in [1.29, 1.82) is 0 Å². The summed E-state index contributed by atoms with van der Waals surface area (Å²) in [4.78, 5) is 8.56. The smallest absolute Gasteiger partial charge is 0.312 e. The number of rotatable bonds is 3. The highest BCUT2D eigenvalue weighted by Gasteiger charge is 2.12. The van der Waals surface area contributed by atoms with Gasteiger partial charge in [0.1, 0.15) is 0 Å². The highest BCUT2D eigenvalue weighted by Crippen LogP contribution is 2.27. The fraction of sp³-hybridized carbons (Fsp3) is 0.0588. The Labute approximate surface area is 132 Å². The molecule has 110 valence electrons. The van der Waals surface area contributed by atoms with Crippen LogP contribution in [0.4, 0.5) is 5.69 Å². The molecule has 22 heavy (non-hydrogen) atoms. The number of hydrogen-bond donors (Lipinski definition) is 1. The van der Waals surface area contributed by atoms with Crippen molar-refractivity contribution in [3.63, 3.8) is 0 Å². The van der Waals surface area contributed by atoms with Crippen molar-refractivity contribution in [2.45, 2.75) is 6.92 Å². The fourth-order valence-electron chi connectivity index (χ4n) is 1.96. The van der Waals surface area contributed by atoms with E-state index in [0.717, 1.165) is 16.8 Å². The Morgan fingerprint density at radius 1 is 1.18 bits per heavy atom. The predicted molar refractivity (Wildman–Crippen MR) is 87.0 cm³/mol. The summed E-state index contributed by atoms with van der Waals surface area (Å²) in [5.41, 5.74) is 2.76. The van der Waals surface area contributed by atoms with Crippen molar-refractivity contribution in [1.82, 2.24) is 4.98 Å². The molecule has 0 radical (unpaired) electrons. The topological polar surface area (TPSA) is 58.6 Å². The maximum atomic E-state index is 9.85. The summed E-state index contributed by atoms with van der Waals surface area (Å²) in [6, 6.07) is 14.8. The molecule has 0 bridgehead atoms. The number of aromatic hydroxyl groups is 1. The van der Waals surface area contributed by atoms with Crippen LogP contribution in [0.1, 0.15) is 11.3 Å². The second-order valence-corrected chi connectivity index (χ2v) is 5.20. The normalized spacial score (nSPS) is 11.2. The molecule has 1 aromatic heterocycles. The molecule has 0 fully saturated rings. The van der Waals surface area contributed by atoms with Crippen LogP contribution in [0.5, 0.6) is 5.95 Å². The quantitative estimate of drug-likeness (QED) is 0.709. The first kappa shape index (κ1) is 14.4. The molecule has 0 saturated carbocycles. The van der Waals surface area contributed by atoms with E-state index in [1.807, 2.05) is 43.3 Å². The highest BCUT2D eigenvalue weighted by atomic mass is 35.5. The summed E-state index contributed by atoms with van der Waals surface area (Å²) in [5.74, 6) is 0.0876. The minimum atomic E-state index is -0.262. The molecule has 3 rings (SSSR count). The molecule has 4 nitrogen and oxygen atoms in total. The van der Waals surface area contributed by atoms with Crippen LogP contribution in [0.2, 0.25) is 5.02 Å². The lowest BCUT2D eigenvalue weighted by molar-refractivity contribution is 0.337. The number of nitrogens with zero attached hydrogens (tertiary/aromatic N) is 2. The standard InChI is InChI=1S/C17H13ClN2O2/c1-11-7-8-13(18)9-14(11)19-10-15-17(21)22-16(20-15)12-5-3-2-4-6-12/h2-10,21H,1H3. The van der Waals surface area contributed by atoms with Crippen LogP contribution in [0.3, 0.4) is 0 Å². The molecular formula is C17H13ClN2O2. The van der Waals surface area contributed by atoms with Gasteiger partial charge in [0.2, 0.25) is 5.89 Å². The SMILES string of the molecule is Cc1ccc(Cl)cc1N=Cc1nc(-c2ccccc2)oc1O. The Hall–Kier alpha value is -2.59. The van der Waals surface area contributed by atoms with Gasteiger partial charge in [0.05, 0.1) is 11.9 Å². The molecule has 2 aromatic carbocycles. The van der Waals surface area contributed by atoms with Crippen LogP contribution in [0.15, 0.2) is 57.9 Å². The molecule has 0 atom stereocenters. The molecule has 1 heterocycles. The molecule has 1 N–H and O–H groups in total. The maximum Gasteiger partial charge on any atom is 0.312 e. The lowest BCUT2D eigenvalue weighted by Crippen LogP contribution is -1.83. The fourth-order valence-corrected chi connectivity index (χ4v) is 2.13. The molecule has 0 amide bonds. The van der Waals surface area contributed by atoms with Gasteiger partial charge < -0.3 is 9.52 Å². The van der Waals surface area contributed by atoms with E-state index in [-0.39, 0.29) is 11.6 Å². The van der Waals surface area contributed by atoms with E-state index in [2.05, 4.69) is 9.98 Å². The van der Waals surface area contributed by atoms with Crippen molar-refractivity contribution < 1.29 is 9.52 Å². The Balaban J connectivity index is 1.91. The van der Waals surface area contributed by atoms with Crippen molar-refractivity contribution in [3.05, 3.63) is 64.8 Å². The average Bonchev–Trinajstić information content (AvgIpc) is 2.90. The van der Waals surface area contributed by atoms with Crippen molar-refractivity contribution in [2.24, 2.45) is 4.99 Å². The van der Waals surface area contributed by atoms with Gasteiger partial charge in [-0.1, -0.05) is 35.9 Å². The van der Waals surface area contributed by atoms with Gasteiger partial charge in [0.25, 0.3) is 0 Å². The number of aryl methyl sites for hydroxylation is 1. The summed E-state index contributed by atoms with van der Waals surface area (Å²) in [5, 5.41) is 10.5. The van der Waals surface area contributed by atoms with Crippen molar-refractivity contribution in [2.75, 3.05) is 0 Å². The summed E-state index contributed by atoms with van der Waals surface area (Å²) in [7, 11) is 0. The first-order valence-electron chi connectivity index (χ1n) is 6.69. The van der Waals surface area contributed by atoms with Crippen LogP contribution in [0.25, 0.3) is 11.5 Å². The first-order chi connectivity index (χ1) is 10.6. The van der Waals surface area contributed by atoms with Crippen LogP contribution in [-0.4, -0.2) is 16.3 Å². The molecule has 0 spiro atoms. The third kappa shape index (κ3) is 3.02. The van der Waals surface area contributed by atoms with Crippen molar-refractivity contribution >= 4 is 23.5 Å². The maximum absolute atomic E-state index is 9.85. The van der Waals surface area contributed by atoms with Crippen LogP contribution < -0.4 is 0 Å².